The lowest BCUT2D eigenvalue weighted by molar-refractivity contribution is -0.141. The van der Waals surface area contributed by atoms with Crippen LogP contribution in [0.5, 0.6) is 5.75 Å². The molecule has 1 atom stereocenters. The number of carbonyl (C=O) groups is 1. The van der Waals surface area contributed by atoms with Gasteiger partial charge >= 0.3 is 5.97 Å². The fraction of sp³-hybridized carbons (Fsp3) is 0.500. The molecule has 0 aliphatic heterocycles. The topological polar surface area (TPSA) is 46.5 Å². The molecule has 1 aliphatic rings. The van der Waals surface area contributed by atoms with Gasteiger partial charge in [0.25, 0.3) is 0 Å². The molecule has 3 nitrogen and oxygen atoms in total. The van der Waals surface area contributed by atoms with Crippen molar-refractivity contribution in [2.45, 2.75) is 32.6 Å². The molecule has 0 aromatic heterocycles. The van der Waals surface area contributed by atoms with Crippen molar-refractivity contribution in [3.05, 3.63) is 27.8 Å². The van der Waals surface area contributed by atoms with E-state index >= 15 is 0 Å². The van der Waals surface area contributed by atoms with E-state index in [1.807, 2.05) is 0 Å². The van der Waals surface area contributed by atoms with Gasteiger partial charge in [-0.2, -0.15) is 0 Å². The molecule has 1 aliphatic carbocycles. The monoisotopic (exact) mass is 268 g/mol. The maximum Gasteiger partial charge on any atom is 0.306 e. The molecule has 98 valence electrons. The van der Waals surface area contributed by atoms with Crippen LogP contribution < -0.4 is 4.74 Å². The van der Waals surface area contributed by atoms with Crippen molar-refractivity contribution in [1.82, 2.24) is 0 Å². The van der Waals surface area contributed by atoms with Crippen molar-refractivity contribution in [2.75, 3.05) is 7.11 Å². The lowest BCUT2D eigenvalue weighted by Crippen LogP contribution is -2.13. The zero-order chi connectivity index (χ0) is 13.3. The van der Waals surface area contributed by atoms with Crippen LogP contribution in [0.2, 0.25) is 5.02 Å². The molecule has 1 N–H and O–H groups in total. The fourth-order valence-corrected chi connectivity index (χ4v) is 2.93. The van der Waals surface area contributed by atoms with E-state index in [2.05, 4.69) is 6.07 Å². The zero-order valence-electron chi connectivity index (χ0n) is 10.6. The molecule has 0 saturated heterocycles. The zero-order valence-corrected chi connectivity index (χ0v) is 11.4. The Balaban J connectivity index is 2.40. The maximum atomic E-state index is 10.9. The number of methoxy groups -OCH3 is 1. The quantitative estimate of drug-likeness (QED) is 0.913. The van der Waals surface area contributed by atoms with Crippen LogP contribution in [-0.4, -0.2) is 18.2 Å². The minimum atomic E-state index is -0.798. The molecule has 4 heteroatoms. The number of rotatable bonds is 4. The molecule has 0 fully saturated rings. The third-order valence-corrected chi connectivity index (χ3v) is 3.92. The molecular formula is C14H17ClO3. The average molecular weight is 269 g/mol. The van der Waals surface area contributed by atoms with Crippen molar-refractivity contribution < 1.29 is 14.6 Å². The summed E-state index contributed by atoms with van der Waals surface area (Å²) >= 11 is 6.35. The number of aliphatic carboxylic acids is 1. The molecule has 2 rings (SSSR count). The first-order valence-electron chi connectivity index (χ1n) is 6.14. The number of aryl methyl sites for hydroxylation is 1. The van der Waals surface area contributed by atoms with E-state index in [0.717, 1.165) is 24.8 Å². The summed E-state index contributed by atoms with van der Waals surface area (Å²) in [6.45, 7) is 1.70. The molecule has 1 unspecified atom stereocenters. The van der Waals surface area contributed by atoms with E-state index < -0.39 is 11.9 Å². The summed E-state index contributed by atoms with van der Waals surface area (Å²) in [6, 6.07) is 2.06. The molecule has 0 radical (unpaired) electrons. The van der Waals surface area contributed by atoms with Crippen LogP contribution >= 0.6 is 11.6 Å². The van der Waals surface area contributed by atoms with E-state index in [-0.39, 0.29) is 0 Å². The van der Waals surface area contributed by atoms with Crippen LogP contribution in [-0.2, 0) is 24.1 Å². The standard InChI is InChI=1S/C14H17ClO3/c1-8(14(16)17)6-10-7-9-4-3-5-11(9)12(15)13(10)18-2/h7-8H,3-6H2,1-2H3,(H,16,17). The van der Waals surface area contributed by atoms with Gasteiger partial charge in [0.15, 0.2) is 0 Å². The molecule has 0 heterocycles. The molecule has 0 spiro atoms. The van der Waals surface area contributed by atoms with E-state index in [4.69, 9.17) is 21.4 Å². The van der Waals surface area contributed by atoms with Gasteiger partial charge in [0.2, 0.25) is 0 Å². The summed E-state index contributed by atoms with van der Waals surface area (Å²) in [5.41, 5.74) is 3.31. The van der Waals surface area contributed by atoms with Crippen LogP contribution in [0.3, 0.4) is 0 Å². The molecule has 0 bridgehead atoms. The van der Waals surface area contributed by atoms with Crippen LogP contribution in [0, 0.1) is 5.92 Å². The number of fused-ring (bicyclic) bond motifs is 1. The van der Waals surface area contributed by atoms with Gasteiger partial charge in [-0.05, 0) is 42.4 Å². The van der Waals surface area contributed by atoms with Crippen molar-refractivity contribution in [3.63, 3.8) is 0 Å². The number of halogens is 1. The Morgan fingerprint density at radius 2 is 2.28 bits per heavy atom. The number of carboxylic acids is 1. The predicted molar refractivity (Wildman–Crippen MR) is 70.5 cm³/mol. The molecule has 1 aromatic carbocycles. The van der Waals surface area contributed by atoms with Gasteiger partial charge < -0.3 is 9.84 Å². The highest BCUT2D eigenvalue weighted by Gasteiger charge is 2.23. The van der Waals surface area contributed by atoms with E-state index in [9.17, 15) is 4.79 Å². The smallest absolute Gasteiger partial charge is 0.306 e. The van der Waals surface area contributed by atoms with Gasteiger partial charge in [0.05, 0.1) is 18.1 Å². The number of ether oxygens (including phenoxy) is 1. The van der Waals surface area contributed by atoms with E-state index in [1.165, 1.54) is 11.1 Å². The highest BCUT2D eigenvalue weighted by atomic mass is 35.5. The Labute approximate surface area is 112 Å². The van der Waals surface area contributed by atoms with Gasteiger partial charge in [-0.15, -0.1) is 0 Å². The van der Waals surface area contributed by atoms with Crippen LogP contribution in [0.4, 0.5) is 0 Å². The second kappa shape index (κ2) is 5.19. The minimum absolute atomic E-state index is 0.436. The van der Waals surface area contributed by atoms with Gasteiger partial charge in [0.1, 0.15) is 5.75 Å². The van der Waals surface area contributed by atoms with Crippen molar-refractivity contribution >= 4 is 17.6 Å². The van der Waals surface area contributed by atoms with Crippen LogP contribution in [0.15, 0.2) is 6.07 Å². The summed E-state index contributed by atoms with van der Waals surface area (Å²) in [4.78, 5) is 10.9. The van der Waals surface area contributed by atoms with E-state index in [0.29, 0.717) is 17.2 Å². The first kappa shape index (κ1) is 13.2. The Bertz CT molecular complexity index is 482. The number of hydrogen-bond acceptors (Lipinski definition) is 2. The SMILES string of the molecule is COc1c(CC(C)C(=O)O)cc2c(c1Cl)CCC2. The van der Waals surface area contributed by atoms with Crippen molar-refractivity contribution in [3.8, 4) is 5.75 Å². The lowest BCUT2D eigenvalue weighted by Gasteiger charge is -2.15. The second-order valence-electron chi connectivity index (χ2n) is 4.82. The summed E-state index contributed by atoms with van der Waals surface area (Å²) in [6.07, 6.45) is 3.56. The maximum absolute atomic E-state index is 10.9. The Morgan fingerprint density at radius 1 is 1.56 bits per heavy atom. The third-order valence-electron chi connectivity index (χ3n) is 3.52. The highest BCUT2D eigenvalue weighted by Crippen LogP contribution is 2.39. The Hall–Kier alpha value is -1.22. The largest absolute Gasteiger partial charge is 0.495 e. The average Bonchev–Trinajstić information content (AvgIpc) is 2.77. The third kappa shape index (κ3) is 2.32. The van der Waals surface area contributed by atoms with Gasteiger partial charge in [0, 0.05) is 0 Å². The Morgan fingerprint density at radius 3 is 2.89 bits per heavy atom. The fourth-order valence-electron chi connectivity index (χ4n) is 2.52. The second-order valence-corrected chi connectivity index (χ2v) is 5.20. The van der Waals surface area contributed by atoms with Crippen LogP contribution in [0.25, 0.3) is 0 Å². The minimum Gasteiger partial charge on any atom is -0.495 e. The number of hydrogen-bond donors (Lipinski definition) is 1. The molecule has 18 heavy (non-hydrogen) atoms. The normalized spacial score (nSPS) is 15.3. The molecule has 1 aromatic rings. The Kier molecular flexibility index (Phi) is 3.81. The molecule has 0 amide bonds. The van der Waals surface area contributed by atoms with Crippen molar-refractivity contribution in [1.29, 1.82) is 0 Å². The summed E-state index contributed by atoms with van der Waals surface area (Å²) in [5.74, 6) is -0.589. The molecule has 0 saturated carbocycles. The predicted octanol–water partition coefficient (Wildman–Crippen LogP) is 3.10. The first-order valence-corrected chi connectivity index (χ1v) is 6.52. The summed E-state index contributed by atoms with van der Waals surface area (Å²) < 4.78 is 5.36. The highest BCUT2D eigenvalue weighted by molar-refractivity contribution is 6.33. The van der Waals surface area contributed by atoms with Gasteiger partial charge in [-0.1, -0.05) is 24.6 Å². The first-order chi connectivity index (χ1) is 8.54. The van der Waals surface area contributed by atoms with Gasteiger partial charge in [-0.25, -0.2) is 0 Å². The van der Waals surface area contributed by atoms with E-state index in [1.54, 1.807) is 14.0 Å². The van der Waals surface area contributed by atoms with Gasteiger partial charge in [-0.3, -0.25) is 4.79 Å². The van der Waals surface area contributed by atoms with Crippen molar-refractivity contribution in [2.24, 2.45) is 5.92 Å². The number of carboxylic acid groups (broad SMARTS) is 1. The lowest BCUT2D eigenvalue weighted by atomic mass is 9.96. The summed E-state index contributed by atoms with van der Waals surface area (Å²) in [5, 5.41) is 9.66. The summed E-state index contributed by atoms with van der Waals surface area (Å²) in [7, 11) is 1.58. The molecular weight excluding hydrogens is 252 g/mol. The van der Waals surface area contributed by atoms with Crippen LogP contribution in [0.1, 0.15) is 30.0 Å². The number of benzene rings is 1.